The minimum Gasteiger partial charge on any atom is -0.504 e. The van der Waals surface area contributed by atoms with Gasteiger partial charge in [-0.3, -0.25) is 0 Å². The highest BCUT2D eigenvalue weighted by molar-refractivity contribution is 5.43. The maximum Gasteiger partial charge on any atom is 0.200 e. The maximum absolute atomic E-state index is 15.2. The van der Waals surface area contributed by atoms with Crippen molar-refractivity contribution in [3.8, 4) is 11.5 Å². The van der Waals surface area contributed by atoms with Crippen LogP contribution in [0, 0.1) is 50.7 Å². The van der Waals surface area contributed by atoms with Crippen LogP contribution >= 0.6 is 0 Å². The topological polar surface area (TPSA) is 40.5 Å². The molecule has 2 atom stereocenters. The van der Waals surface area contributed by atoms with Gasteiger partial charge in [0, 0.05) is 5.56 Å². The zero-order valence-electron chi connectivity index (χ0n) is 22.9. The third kappa shape index (κ3) is 5.35. The van der Waals surface area contributed by atoms with E-state index in [9.17, 15) is 23.4 Å². The second-order valence-corrected chi connectivity index (χ2v) is 13.3. The quantitative estimate of drug-likeness (QED) is 0.175. The summed E-state index contributed by atoms with van der Waals surface area (Å²) in [6, 6.07) is 4.52. The van der Waals surface area contributed by atoms with Gasteiger partial charge in [-0.05, 0) is 57.6 Å². The van der Waals surface area contributed by atoms with Crippen LogP contribution in [-0.4, -0.2) is 10.2 Å². The van der Waals surface area contributed by atoms with Gasteiger partial charge in [-0.2, -0.15) is 0 Å². The molecule has 0 aliphatic rings. The van der Waals surface area contributed by atoms with Gasteiger partial charge in [-0.15, -0.1) is 0 Å². The first-order valence-electron chi connectivity index (χ1n) is 12.1. The van der Waals surface area contributed by atoms with Crippen molar-refractivity contribution in [2.45, 2.75) is 87.5 Å². The van der Waals surface area contributed by atoms with E-state index in [1.54, 1.807) is 19.9 Å². The van der Waals surface area contributed by atoms with E-state index in [0.29, 0.717) is 5.56 Å². The highest BCUT2D eigenvalue weighted by Gasteiger charge is 2.53. The lowest BCUT2D eigenvalue weighted by molar-refractivity contribution is -0.00649. The molecular weight excluding hydrogens is 475 g/mol. The summed E-state index contributed by atoms with van der Waals surface area (Å²) in [6.07, 6.45) is 0.152. The number of phenols is 2. The number of phenolic OH excluding ortho intramolecular Hbond substituents is 2. The molecule has 0 heterocycles. The summed E-state index contributed by atoms with van der Waals surface area (Å²) < 4.78 is 73.1. The van der Waals surface area contributed by atoms with Crippen molar-refractivity contribution >= 4 is 0 Å². The predicted molar refractivity (Wildman–Crippen MR) is 133 cm³/mol. The molecule has 0 fully saturated rings. The van der Waals surface area contributed by atoms with Gasteiger partial charge >= 0.3 is 0 Å². The first-order valence-corrected chi connectivity index (χ1v) is 12.1. The van der Waals surface area contributed by atoms with Gasteiger partial charge in [-0.25, -0.2) is 22.0 Å². The molecule has 7 heteroatoms. The summed E-state index contributed by atoms with van der Waals surface area (Å²) in [7, 11) is 0. The highest BCUT2D eigenvalue weighted by atomic mass is 19.2. The van der Waals surface area contributed by atoms with Gasteiger partial charge < -0.3 is 10.2 Å². The molecule has 2 N–H and O–H groups in total. The van der Waals surface area contributed by atoms with E-state index in [1.165, 1.54) is 12.1 Å². The molecule has 0 radical (unpaired) electrons. The summed E-state index contributed by atoms with van der Waals surface area (Å²) in [6.45, 7) is 18.9. The van der Waals surface area contributed by atoms with Crippen LogP contribution in [0.3, 0.4) is 0 Å². The molecule has 0 bridgehead atoms. The monoisotopic (exact) mass is 514 g/mol. The molecule has 0 aromatic heterocycles. The number of hydrogen-bond donors (Lipinski definition) is 2. The number of aromatic hydroxyl groups is 2. The van der Waals surface area contributed by atoms with Crippen molar-refractivity contribution in [2.75, 3.05) is 0 Å². The lowest BCUT2D eigenvalue weighted by atomic mass is 9.48. The number of halogens is 5. The van der Waals surface area contributed by atoms with Crippen molar-refractivity contribution < 1.29 is 32.2 Å². The Labute approximate surface area is 211 Å². The van der Waals surface area contributed by atoms with Crippen LogP contribution in [0.2, 0.25) is 0 Å². The van der Waals surface area contributed by atoms with Crippen molar-refractivity contribution in [2.24, 2.45) is 21.7 Å². The van der Waals surface area contributed by atoms with Crippen LogP contribution in [0.25, 0.3) is 0 Å². The molecule has 2 nitrogen and oxygen atoms in total. The van der Waals surface area contributed by atoms with Gasteiger partial charge in [0.2, 0.25) is 5.82 Å². The van der Waals surface area contributed by atoms with Crippen molar-refractivity contribution in [3.63, 3.8) is 0 Å². The average molecular weight is 515 g/mol. The minimum atomic E-state index is -2.17. The van der Waals surface area contributed by atoms with Crippen LogP contribution < -0.4 is 0 Å². The standard InChI is InChI=1S/C29H39F5O2/c1-26(2,3)14-16(19-20(30)22(32)24(34)23(33)21(19)31)28(7,8)29(9,10)25(27(4,5)6)15-11-12-17(35)18(36)13-15/h11-13,16,25,35-36H,14H2,1-10H3. The Morgan fingerprint density at radius 1 is 0.639 bits per heavy atom. The fraction of sp³-hybridized carbons (Fsp3) is 0.586. The minimum absolute atomic E-state index is 0.152. The molecular formula is C29H39F5O2. The van der Waals surface area contributed by atoms with Gasteiger partial charge in [0.1, 0.15) is 0 Å². The number of benzene rings is 2. The normalized spacial score (nSPS) is 15.2. The fourth-order valence-corrected chi connectivity index (χ4v) is 5.80. The van der Waals surface area contributed by atoms with Crippen LogP contribution in [0.4, 0.5) is 22.0 Å². The van der Waals surface area contributed by atoms with E-state index < -0.39 is 62.2 Å². The smallest absolute Gasteiger partial charge is 0.200 e. The predicted octanol–water partition coefficient (Wildman–Crippen LogP) is 9.20. The molecule has 0 amide bonds. The SMILES string of the molecule is CC(C)(C)CC(c1c(F)c(F)c(F)c(F)c1F)C(C)(C)C(C)(C)C(c1ccc(O)c(O)c1)C(C)(C)C. The third-order valence-corrected chi connectivity index (χ3v) is 7.86. The average Bonchev–Trinajstić information content (AvgIpc) is 2.70. The van der Waals surface area contributed by atoms with Crippen LogP contribution in [0.1, 0.15) is 98.6 Å². The summed E-state index contributed by atoms with van der Waals surface area (Å²) in [4.78, 5) is 0. The molecule has 0 aliphatic heterocycles. The first kappa shape index (κ1) is 29.9. The Morgan fingerprint density at radius 3 is 1.47 bits per heavy atom. The van der Waals surface area contributed by atoms with E-state index in [4.69, 9.17) is 0 Å². The largest absolute Gasteiger partial charge is 0.504 e. The van der Waals surface area contributed by atoms with Crippen LogP contribution in [0.5, 0.6) is 11.5 Å². The maximum atomic E-state index is 15.2. The van der Waals surface area contributed by atoms with Crippen molar-refractivity contribution in [1.29, 1.82) is 0 Å². The molecule has 36 heavy (non-hydrogen) atoms. The molecule has 2 aromatic rings. The molecule has 2 unspecified atom stereocenters. The van der Waals surface area contributed by atoms with Crippen LogP contribution in [-0.2, 0) is 0 Å². The van der Waals surface area contributed by atoms with E-state index in [2.05, 4.69) is 0 Å². The Balaban J connectivity index is 2.89. The second-order valence-electron chi connectivity index (χ2n) is 13.3. The molecule has 202 valence electrons. The Kier molecular flexibility index (Phi) is 7.92. The molecule has 0 saturated heterocycles. The Hall–Kier alpha value is -2.31. The van der Waals surface area contributed by atoms with Gasteiger partial charge in [0.05, 0.1) is 0 Å². The third-order valence-electron chi connectivity index (χ3n) is 7.86. The summed E-state index contributed by atoms with van der Waals surface area (Å²) in [5.74, 6) is -11.7. The summed E-state index contributed by atoms with van der Waals surface area (Å²) >= 11 is 0. The number of rotatable bonds is 6. The van der Waals surface area contributed by atoms with Gasteiger partial charge in [-0.1, -0.05) is 75.3 Å². The molecule has 0 saturated carbocycles. The lowest BCUT2D eigenvalue weighted by Crippen LogP contribution is -2.47. The summed E-state index contributed by atoms with van der Waals surface area (Å²) in [5, 5.41) is 20.1. The van der Waals surface area contributed by atoms with E-state index in [0.717, 1.165) is 0 Å². The van der Waals surface area contributed by atoms with E-state index in [-0.39, 0.29) is 23.8 Å². The Bertz CT molecular complexity index is 1090. The van der Waals surface area contributed by atoms with Gasteiger partial charge in [0.15, 0.2) is 34.8 Å². The van der Waals surface area contributed by atoms with Gasteiger partial charge in [0.25, 0.3) is 0 Å². The molecule has 0 aliphatic carbocycles. The second kappa shape index (κ2) is 9.53. The summed E-state index contributed by atoms with van der Waals surface area (Å²) in [5.41, 5.74) is -2.92. The van der Waals surface area contributed by atoms with Crippen molar-refractivity contribution in [3.05, 3.63) is 58.4 Å². The molecule has 2 rings (SSSR count). The zero-order valence-corrected chi connectivity index (χ0v) is 22.9. The van der Waals surface area contributed by atoms with E-state index >= 15 is 8.78 Å². The Morgan fingerprint density at radius 2 is 1.08 bits per heavy atom. The van der Waals surface area contributed by atoms with Crippen molar-refractivity contribution in [1.82, 2.24) is 0 Å². The number of hydrogen-bond acceptors (Lipinski definition) is 2. The lowest BCUT2D eigenvalue weighted by Gasteiger charge is -2.56. The highest BCUT2D eigenvalue weighted by Crippen LogP contribution is 2.62. The molecule has 2 aromatic carbocycles. The van der Waals surface area contributed by atoms with E-state index in [1.807, 2.05) is 55.4 Å². The first-order chi connectivity index (χ1) is 16.1. The zero-order chi connectivity index (χ0) is 28.2. The fourth-order valence-electron chi connectivity index (χ4n) is 5.80. The molecule has 0 spiro atoms. The van der Waals surface area contributed by atoms with Crippen LogP contribution in [0.15, 0.2) is 18.2 Å².